The molecule has 10 heteroatoms. The summed E-state index contributed by atoms with van der Waals surface area (Å²) in [5.74, 6) is 0.222. The van der Waals surface area contributed by atoms with Gasteiger partial charge in [-0.3, -0.25) is 0 Å². The van der Waals surface area contributed by atoms with E-state index in [2.05, 4.69) is 51.5 Å². The van der Waals surface area contributed by atoms with E-state index < -0.39 is 0 Å². The lowest BCUT2D eigenvalue weighted by Gasteiger charge is -1.74. The van der Waals surface area contributed by atoms with Gasteiger partial charge in [-0.15, -0.1) is 20.4 Å². The van der Waals surface area contributed by atoms with Gasteiger partial charge in [-0.1, -0.05) is 10.2 Å². The van der Waals surface area contributed by atoms with Gasteiger partial charge in [-0.25, -0.2) is 0 Å². The summed E-state index contributed by atoms with van der Waals surface area (Å²) in [5.41, 5.74) is 0. The smallest absolute Gasteiger partial charge is 0.175 e. The molecule has 2 N–H and O–H groups in total. The summed E-state index contributed by atoms with van der Waals surface area (Å²) in [6, 6.07) is 0. The molecule has 0 aliphatic rings. The monoisotopic (exact) mass is 166 g/mol. The van der Waals surface area contributed by atoms with Crippen molar-refractivity contribution in [3.05, 3.63) is 0 Å². The molecule has 2 aromatic rings. The zero-order chi connectivity index (χ0) is 8.23. The molecule has 0 unspecified atom stereocenters. The SMILES string of the molecule is N(=N/c1nn[nH]n1)/c1nn[nH]n1. The number of rotatable bonds is 2. The minimum Gasteiger partial charge on any atom is -0.175 e. The van der Waals surface area contributed by atoms with Crippen LogP contribution in [0.1, 0.15) is 0 Å². The second kappa shape index (κ2) is 2.77. The number of H-pyrrole nitrogens is 2. The van der Waals surface area contributed by atoms with E-state index in [1.54, 1.807) is 0 Å². The highest BCUT2D eigenvalue weighted by Gasteiger charge is 1.95. The molecule has 0 fully saturated rings. The molecule has 0 saturated heterocycles. The third-order valence-corrected chi connectivity index (χ3v) is 0.897. The summed E-state index contributed by atoms with van der Waals surface area (Å²) in [6.45, 7) is 0. The van der Waals surface area contributed by atoms with Crippen molar-refractivity contribution in [2.75, 3.05) is 0 Å². The first kappa shape index (κ1) is 6.45. The van der Waals surface area contributed by atoms with Crippen LogP contribution >= 0.6 is 0 Å². The van der Waals surface area contributed by atoms with E-state index in [4.69, 9.17) is 0 Å². The van der Waals surface area contributed by atoms with E-state index in [-0.39, 0.29) is 11.9 Å². The average Bonchev–Trinajstić information content (AvgIpc) is 2.74. The van der Waals surface area contributed by atoms with Gasteiger partial charge in [0.25, 0.3) is 0 Å². The van der Waals surface area contributed by atoms with Crippen LogP contribution in [0.5, 0.6) is 0 Å². The Morgan fingerprint density at radius 2 is 1.33 bits per heavy atom. The fourth-order valence-corrected chi connectivity index (χ4v) is 0.487. The Bertz CT molecular complexity index is 305. The summed E-state index contributed by atoms with van der Waals surface area (Å²) in [6.07, 6.45) is 0. The highest BCUT2D eigenvalue weighted by Crippen LogP contribution is 2.04. The van der Waals surface area contributed by atoms with Crippen LogP contribution in [0.2, 0.25) is 0 Å². The molecule has 0 radical (unpaired) electrons. The first-order chi connectivity index (χ1) is 5.95. The van der Waals surface area contributed by atoms with E-state index >= 15 is 0 Å². The van der Waals surface area contributed by atoms with Gasteiger partial charge in [-0.2, -0.15) is 10.4 Å². The number of tetrazole rings is 2. The molecule has 0 saturated carbocycles. The van der Waals surface area contributed by atoms with Crippen molar-refractivity contribution >= 4 is 11.9 Å². The number of azo groups is 1. The van der Waals surface area contributed by atoms with Gasteiger partial charge in [0.1, 0.15) is 0 Å². The molecule has 12 heavy (non-hydrogen) atoms. The minimum absolute atomic E-state index is 0.111. The van der Waals surface area contributed by atoms with Crippen LogP contribution in [0.25, 0.3) is 0 Å². The summed E-state index contributed by atoms with van der Waals surface area (Å²) in [4.78, 5) is 0. The first-order valence-corrected chi connectivity index (χ1v) is 2.84. The van der Waals surface area contributed by atoms with Crippen molar-refractivity contribution in [2.45, 2.75) is 0 Å². The Morgan fingerprint density at radius 1 is 0.833 bits per heavy atom. The van der Waals surface area contributed by atoms with E-state index in [0.717, 1.165) is 0 Å². The quantitative estimate of drug-likeness (QED) is 0.556. The van der Waals surface area contributed by atoms with Crippen molar-refractivity contribution < 1.29 is 0 Å². The summed E-state index contributed by atoms with van der Waals surface area (Å²) in [5, 5.41) is 32.1. The molecule has 0 atom stereocenters. The Hall–Kier alpha value is -2.26. The molecule has 2 rings (SSSR count). The second-order valence-corrected chi connectivity index (χ2v) is 1.62. The first-order valence-electron chi connectivity index (χ1n) is 2.84. The maximum absolute atomic E-state index is 3.53. The fourth-order valence-electron chi connectivity index (χ4n) is 0.487. The van der Waals surface area contributed by atoms with Gasteiger partial charge < -0.3 is 0 Å². The molecule has 0 aromatic carbocycles. The van der Waals surface area contributed by atoms with Crippen LogP contribution in [0.4, 0.5) is 11.9 Å². The molecular weight excluding hydrogens is 164 g/mol. The van der Waals surface area contributed by atoms with Gasteiger partial charge >= 0.3 is 11.9 Å². The number of nitrogens with zero attached hydrogens (tertiary/aromatic N) is 8. The van der Waals surface area contributed by atoms with Crippen LogP contribution in [-0.2, 0) is 0 Å². The molecule has 0 aliphatic carbocycles. The lowest BCUT2D eigenvalue weighted by Crippen LogP contribution is -1.68. The zero-order valence-electron chi connectivity index (χ0n) is 5.58. The highest BCUT2D eigenvalue weighted by molar-refractivity contribution is 5.10. The molecule has 0 amide bonds. The lowest BCUT2D eigenvalue weighted by molar-refractivity contribution is 0.881. The second-order valence-electron chi connectivity index (χ2n) is 1.62. The van der Waals surface area contributed by atoms with Crippen molar-refractivity contribution in [3.8, 4) is 0 Å². The number of nitrogens with one attached hydrogen (secondary N) is 2. The van der Waals surface area contributed by atoms with Gasteiger partial charge in [0.05, 0.1) is 0 Å². The number of hydrogen-bond acceptors (Lipinski definition) is 8. The third kappa shape index (κ3) is 1.25. The van der Waals surface area contributed by atoms with E-state index in [1.807, 2.05) is 0 Å². The average molecular weight is 166 g/mol. The Labute approximate surface area is 64.5 Å². The normalized spacial score (nSPS) is 11.0. The van der Waals surface area contributed by atoms with E-state index in [9.17, 15) is 0 Å². The van der Waals surface area contributed by atoms with Crippen LogP contribution in [-0.4, -0.2) is 41.2 Å². The Morgan fingerprint density at radius 3 is 1.67 bits per heavy atom. The van der Waals surface area contributed by atoms with Crippen LogP contribution < -0.4 is 0 Å². The molecule has 0 bridgehead atoms. The van der Waals surface area contributed by atoms with Crippen LogP contribution in [0.3, 0.4) is 0 Å². The maximum atomic E-state index is 3.53. The summed E-state index contributed by atoms with van der Waals surface area (Å²) in [7, 11) is 0. The van der Waals surface area contributed by atoms with Gasteiger partial charge in [0, 0.05) is 0 Å². The van der Waals surface area contributed by atoms with Gasteiger partial charge in [0.2, 0.25) is 0 Å². The van der Waals surface area contributed by atoms with Crippen molar-refractivity contribution in [2.24, 2.45) is 10.2 Å². The zero-order valence-corrected chi connectivity index (χ0v) is 5.58. The van der Waals surface area contributed by atoms with Gasteiger partial charge in [0.15, 0.2) is 0 Å². The molecule has 0 spiro atoms. The summed E-state index contributed by atoms with van der Waals surface area (Å²) >= 11 is 0. The molecule has 10 nitrogen and oxygen atoms in total. The lowest BCUT2D eigenvalue weighted by atomic mass is 11.1. The number of aromatic nitrogens is 8. The molecule has 2 aromatic heterocycles. The van der Waals surface area contributed by atoms with Crippen molar-refractivity contribution in [1.82, 2.24) is 41.2 Å². The maximum Gasteiger partial charge on any atom is 0.307 e. The Kier molecular flexibility index (Phi) is 1.49. The molecule has 60 valence electrons. The number of aromatic amines is 2. The van der Waals surface area contributed by atoms with Crippen LogP contribution in [0.15, 0.2) is 10.2 Å². The largest absolute Gasteiger partial charge is 0.307 e. The highest BCUT2D eigenvalue weighted by atomic mass is 15.5. The minimum atomic E-state index is 0.111. The standard InChI is InChI=1S/C2H2N10/c3(1-5-9-10-6-1)4-2-7-11-12-8-2/h(H,5,6,9,10)(H,7,8,11,12)/b4-3-. The molecular formula is C2H2N10. The van der Waals surface area contributed by atoms with Crippen LogP contribution in [0, 0.1) is 0 Å². The predicted octanol–water partition coefficient (Wildman–Crippen LogP) is -0.872. The molecule has 0 aliphatic heterocycles. The third-order valence-electron chi connectivity index (χ3n) is 0.897. The number of hydrogen-bond donors (Lipinski definition) is 2. The van der Waals surface area contributed by atoms with Gasteiger partial charge in [-0.05, 0) is 10.4 Å². The summed E-state index contributed by atoms with van der Waals surface area (Å²) < 4.78 is 0. The van der Waals surface area contributed by atoms with E-state index in [0.29, 0.717) is 0 Å². The predicted molar refractivity (Wildman–Crippen MR) is 32.5 cm³/mol. The Balaban J connectivity index is 2.14. The molecule has 2 heterocycles. The van der Waals surface area contributed by atoms with Crippen molar-refractivity contribution in [1.29, 1.82) is 0 Å². The van der Waals surface area contributed by atoms with E-state index in [1.165, 1.54) is 0 Å². The van der Waals surface area contributed by atoms with Crippen molar-refractivity contribution in [3.63, 3.8) is 0 Å². The topological polar surface area (TPSA) is 134 Å². The fraction of sp³-hybridized carbons (Fsp3) is 0.